The largest absolute Gasteiger partial charge is 0.342 e. The van der Waals surface area contributed by atoms with Crippen LogP contribution in [0.2, 0.25) is 5.02 Å². The number of hydrogen-bond donors (Lipinski definition) is 2. The number of benzene rings is 2. The van der Waals surface area contributed by atoms with E-state index in [1.54, 1.807) is 24.3 Å². The Morgan fingerprint density at radius 2 is 1.77 bits per heavy atom. The van der Waals surface area contributed by atoms with Gasteiger partial charge in [0.05, 0.1) is 0 Å². The van der Waals surface area contributed by atoms with Crippen LogP contribution in [0.25, 0.3) is 0 Å². The Morgan fingerprint density at radius 1 is 1.11 bits per heavy atom. The second kappa shape index (κ2) is 10.4. The first-order valence-electron chi connectivity index (χ1n) is 11.3. The molecule has 0 spiro atoms. The number of carbonyl (C=O) groups is 2. The van der Waals surface area contributed by atoms with Crippen LogP contribution < -0.4 is 15.8 Å². The van der Waals surface area contributed by atoms with Gasteiger partial charge in [0, 0.05) is 41.5 Å². The SMILES string of the molecule is CN(C(=O)[C@H](Cc1cc(F)cc(F)c1)NC(=O)Cn1[nH]c(=O)c2c1CCCC2)c1ccc(Cl)cc1. The van der Waals surface area contributed by atoms with Crippen LogP contribution in [-0.4, -0.2) is 34.7 Å². The highest BCUT2D eigenvalue weighted by Crippen LogP contribution is 2.20. The maximum absolute atomic E-state index is 13.8. The molecule has 0 bridgehead atoms. The minimum Gasteiger partial charge on any atom is -0.342 e. The normalized spacial score (nSPS) is 13.7. The molecule has 1 aliphatic carbocycles. The number of likely N-dealkylation sites (N-methyl/N-ethyl adjacent to an activating group) is 1. The Balaban J connectivity index is 1.57. The monoisotopic (exact) mass is 502 g/mol. The molecule has 0 radical (unpaired) electrons. The number of carbonyl (C=O) groups excluding carboxylic acids is 2. The third-order valence-corrected chi connectivity index (χ3v) is 6.37. The second-order valence-electron chi connectivity index (χ2n) is 8.64. The van der Waals surface area contributed by atoms with E-state index in [4.69, 9.17) is 11.6 Å². The molecule has 0 saturated carbocycles. The van der Waals surface area contributed by atoms with Crippen molar-refractivity contribution in [3.63, 3.8) is 0 Å². The molecule has 4 rings (SSSR count). The van der Waals surface area contributed by atoms with Crippen LogP contribution in [-0.2, 0) is 35.4 Å². The molecule has 7 nitrogen and oxygen atoms in total. The van der Waals surface area contributed by atoms with Gasteiger partial charge in [-0.25, -0.2) is 8.78 Å². The fourth-order valence-corrected chi connectivity index (χ4v) is 4.52. The molecule has 3 aromatic rings. The van der Waals surface area contributed by atoms with Gasteiger partial charge < -0.3 is 10.2 Å². The molecule has 0 aliphatic heterocycles. The first-order chi connectivity index (χ1) is 16.7. The van der Waals surface area contributed by atoms with Crippen molar-refractivity contribution < 1.29 is 18.4 Å². The fourth-order valence-electron chi connectivity index (χ4n) is 4.40. The first kappa shape index (κ1) is 24.7. The number of hydrogen-bond acceptors (Lipinski definition) is 3. The van der Waals surface area contributed by atoms with E-state index in [9.17, 15) is 23.2 Å². The molecular weight excluding hydrogens is 478 g/mol. The summed E-state index contributed by atoms with van der Waals surface area (Å²) in [5.41, 5.74) is 2.03. The molecule has 2 aromatic carbocycles. The molecule has 1 heterocycles. The Bertz CT molecular complexity index is 1280. The number of rotatable bonds is 7. The Kier molecular flexibility index (Phi) is 7.35. The van der Waals surface area contributed by atoms with E-state index < -0.39 is 29.5 Å². The topological polar surface area (TPSA) is 87.2 Å². The van der Waals surface area contributed by atoms with E-state index in [1.165, 1.54) is 16.6 Å². The smallest absolute Gasteiger partial charge is 0.267 e. The van der Waals surface area contributed by atoms with E-state index in [0.717, 1.165) is 36.7 Å². The van der Waals surface area contributed by atoms with Gasteiger partial charge in [-0.15, -0.1) is 0 Å². The highest BCUT2D eigenvalue weighted by Gasteiger charge is 2.27. The number of amides is 2. The molecule has 2 N–H and O–H groups in total. The lowest BCUT2D eigenvalue weighted by Gasteiger charge is -2.25. The maximum Gasteiger partial charge on any atom is 0.267 e. The number of fused-ring (bicyclic) bond motifs is 1. The van der Waals surface area contributed by atoms with Crippen LogP contribution in [0.3, 0.4) is 0 Å². The van der Waals surface area contributed by atoms with E-state index >= 15 is 0 Å². The summed E-state index contributed by atoms with van der Waals surface area (Å²) in [6, 6.07) is 8.43. The number of anilines is 1. The quantitative estimate of drug-likeness (QED) is 0.519. The molecule has 0 unspecified atom stereocenters. The van der Waals surface area contributed by atoms with Gasteiger partial charge in [0.1, 0.15) is 24.2 Å². The van der Waals surface area contributed by atoms with Crippen LogP contribution in [0.1, 0.15) is 29.7 Å². The lowest BCUT2D eigenvalue weighted by Crippen LogP contribution is -2.49. The second-order valence-corrected chi connectivity index (χ2v) is 9.07. The lowest BCUT2D eigenvalue weighted by atomic mass is 9.98. The molecule has 0 saturated heterocycles. The average Bonchev–Trinajstić information content (AvgIpc) is 3.12. The summed E-state index contributed by atoms with van der Waals surface area (Å²) in [6.45, 7) is -0.184. The summed E-state index contributed by atoms with van der Waals surface area (Å²) in [6.07, 6.45) is 3.06. The van der Waals surface area contributed by atoms with Crippen molar-refractivity contribution in [2.75, 3.05) is 11.9 Å². The molecule has 2 amide bonds. The lowest BCUT2D eigenvalue weighted by molar-refractivity contribution is -0.127. The van der Waals surface area contributed by atoms with Gasteiger partial charge in [-0.2, -0.15) is 0 Å². The minimum absolute atomic E-state index is 0.127. The number of aromatic amines is 1. The van der Waals surface area contributed by atoms with Crippen molar-refractivity contribution in [1.29, 1.82) is 0 Å². The fraction of sp³-hybridized carbons (Fsp3) is 0.320. The molecule has 184 valence electrons. The van der Waals surface area contributed by atoms with Gasteiger partial charge in [0.15, 0.2) is 0 Å². The molecule has 1 aromatic heterocycles. The van der Waals surface area contributed by atoms with Gasteiger partial charge in [-0.3, -0.25) is 24.2 Å². The zero-order valence-corrected chi connectivity index (χ0v) is 19.9. The Hall–Kier alpha value is -3.46. The molecular formula is C25H25ClF2N4O3. The average molecular weight is 503 g/mol. The molecule has 0 fully saturated rings. The summed E-state index contributed by atoms with van der Waals surface area (Å²) in [4.78, 5) is 39.9. The van der Waals surface area contributed by atoms with E-state index in [0.29, 0.717) is 29.1 Å². The zero-order valence-electron chi connectivity index (χ0n) is 19.1. The summed E-state index contributed by atoms with van der Waals surface area (Å²) in [5, 5.41) is 5.89. The number of aromatic nitrogens is 2. The third kappa shape index (κ3) is 5.79. The van der Waals surface area contributed by atoms with E-state index in [1.807, 2.05) is 0 Å². The summed E-state index contributed by atoms with van der Waals surface area (Å²) < 4.78 is 29.1. The number of H-pyrrole nitrogens is 1. The molecule has 1 aliphatic rings. The van der Waals surface area contributed by atoms with Crippen LogP contribution in [0, 0.1) is 11.6 Å². The van der Waals surface area contributed by atoms with Crippen molar-refractivity contribution in [2.45, 2.75) is 44.7 Å². The van der Waals surface area contributed by atoms with Crippen molar-refractivity contribution in [3.05, 3.63) is 86.3 Å². The van der Waals surface area contributed by atoms with Crippen molar-refractivity contribution >= 4 is 29.1 Å². The van der Waals surface area contributed by atoms with E-state index in [2.05, 4.69) is 10.4 Å². The summed E-state index contributed by atoms with van der Waals surface area (Å²) in [5.74, 6) is -2.54. The van der Waals surface area contributed by atoms with Gasteiger partial charge in [-0.1, -0.05) is 11.6 Å². The predicted octanol–water partition coefficient (Wildman–Crippen LogP) is 3.38. The minimum atomic E-state index is -1.11. The van der Waals surface area contributed by atoms with Crippen molar-refractivity contribution in [2.24, 2.45) is 0 Å². The first-order valence-corrected chi connectivity index (χ1v) is 11.7. The number of nitrogens with zero attached hydrogens (tertiary/aromatic N) is 2. The van der Waals surface area contributed by atoms with Crippen LogP contribution >= 0.6 is 11.6 Å². The zero-order chi connectivity index (χ0) is 25.1. The molecule has 1 atom stereocenters. The Morgan fingerprint density at radius 3 is 2.46 bits per heavy atom. The number of halogens is 3. The summed E-state index contributed by atoms with van der Waals surface area (Å²) >= 11 is 5.93. The molecule has 35 heavy (non-hydrogen) atoms. The Labute approximate surface area is 205 Å². The van der Waals surface area contributed by atoms with Crippen molar-refractivity contribution in [1.82, 2.24) is 15.1 Å². The third-order valence-electron chi connectivity index (χ3n) is 6.12. The van der Waals surface area contributed by atoms with Gasteiger partial charge in [0.25, 0.3) is 5.56 Å². The predicted molar refractivity (Wildman–Crippen MR) is 129 cm³/mol. The van der Waals surface area contributed by atoms with Crippen molar-refractivity contribution in [3.8, 4) is 0 Å². The van der Waals surface area contributed by atoms with Gasteiger partial charge >= 0.3 is 0 Å². The highest BCUT2D eigenvalue weighted by molar-refractivity contribution is 6.30. The van der Waals surface area contributed by atoms with Gasteiger partial charge in [0.2, 0.25) is 11.8 Å². The van der Waals surface area contributed by atoms with Crippen LogP contribution in [0.4, 0.5) is 14.5 Å². The van der Waals surface area contributed by atoms with E-state index in [-0.39, 0.29) is 24.1 Å². The maximum atomic E-state index is 13.8. The standard InChI is InChI=1S/C25H25ClF2N4O3/c1-31(19-8-6-16(26)7-9-19)25(35)21(12-15-10-17(27)13-18(28)11-15)29-23(33)14-32-22-5-3-2-4-20(22)24(34)30-32/h6-11,13,21H,2-5,12,14H2,1H3,(H,29,33)(H,30,34)/t21-/m0/s1. The molecule has 10 heteroatoms. The number of nitrogens with one attached hydrogen (secondary N) is 2. The van der Waals surface area contributed by atoms with Crippen LogP contribution in [0.15, 0.2) is 47.3 Å². The summed E-state index contributed by atoms with van der Waals surface area (Å²) in [7, 11) is 1.54. The highest BCUT2D eigenvalue weighted by atomic mass is 35.5. The van der Waals surface area contributed by atoms with Gasteiger partial charge in [-0.05, 0) is 67.6 Å². The van der Waals surface area contributed by atoms with Crippen LogP contribution in [0.5, 0.6) is 0 Å².